The number of aliphatic imine (C=N–C) groups is 1. The highest BCUT2D eigenvalue weighted by Crippen LogP contribution is 2.34. The molecule has 38 heavy (non-hydrogen) atoms. The molecule has 0 spiro atoms. The summed E-state index contributed by atoms with van der Waals surface area (Å²) in [6.07, 6.45) is 3.58. The summed E-state index contributed by atoms with van der Waals surface area (Å²) in [7, 11) is 1.59. The minimum absolute atomic E-state index is 0.225. The van der Waals surface area contributed by atoms with E-state index in [1.54, 1.807) is 24.1 Å². The highest BCUT2D eigenvalue weighted by molar-refractivity contribution is 6.08. The Hall–Kier alpha value is -4.14. The Balaban J connectivity index is 1.29. The lowest BCUT2D eigenvalue weighted by atomic mass is 9.93. The summed E-state index contributed by atoms with van der Waals surface area (Å²) in [6.45, 7) is 2.15. The van der Waals surface area contributed by atoms with E-state index in [-0.39, 0.29) is 17.5 Å². The maximum atomic E-state index is 15.6. The van der Waals surface area contributed by atoms with E-state index in [9.17, 15) is 9.90 Å². The van der Waals surface area contributed by atoms with Crippen molar-refractivity contribution in [2.45, 2.75) is 25.1 Å². The molecule has 1 fully saturated rings. The number of hydrogen-bond acceptors (Lipinski definition) is 6. The van der Waals surface area contributed by atoms with E-state index in [0.29, 0.717) is 30.2 Å². The predicted octanol–water partition coefficient (Wildman–Crippen LogP) is 4.61. The molecule has 2 aliphatic rings. The first-order valence-electron chi connectivity index (χ1n) is 12.6. The number of ether oxygens (including phenoxy) is 1. The third kappa shape index (κ3) is 4.42. The van der Waals surface area contributed by atoms with Crippen LogP contribution in [0.25, 0.3) is 16.8 Å². The molecular weight excluding hydrogens is 483 g/mol. The van der Waals surface area contributed by atoms with Crippen LogP contribution in [0.4, 0.5) is 4.39 Å². The van der Waals surface area contributed by atoms with Gasteiger partial charge in [-0.25, -0.2) is 9.37 Å². The molecule has 1 saturated heterocycles. The van der Waals surface area contributed by atoms with Crippen LogP contribution in [-0.2, 0) is 6.54 Å². The number of carbonyl (C=O) groups excluding carboxylic acids is 1. The van der Waals surface area contributed by atoms with Crippen molar-refractivity contribution in [3.63, 3.8) is 0 Å². The lowest BCUT2D eigenvalue weighted by Gasteiger charge is -2.20. The van der Waals surface area contributed by atoms with E-state index >= 15 is 4.39 Å². The van der Waals surface area contributed by atoms with Crippen LogP contribution in [0.1, 0.15) is 39.8 Å². The second-order valence-corrected chi connectivity index (χ2v) is 9.66. The van der Waals surface area contributed by atoms with E-state index in [2.05, 4.69) is 14.9 Å². The van der Waals surface area contributed by atoms with Gasteiger partial charge in [-0.05, 0) is 53.4 Å². The molecule has 192 valence electrons. The molecule has 7 nitrogen and oxygen atoms in total. The van der Waals surface area contributed by atoms with Crippen LogP contribution in [-0.4, -0.2) is 57.9 Å². The molecule has 1 N–H and O–H groups in total. The van der Waals surface area contributed by atoms with Gasteiger partial charge < -0.3 is 9.84 Å². The summed E-state index contributed by atoms with van der Waals surface area (Å²) >= 11 is 0. The Morgan fingerprint density at radius 3 is 2.66 bits per heavy atom. The van der Waals surface area contributed by atoms with Crippen molar-refractivity contribution >= 4 is 12.0 Å². The van der Waals surface area contributed by atoms with Gasteiger partial charge in [-0.3, -0.25) is 19.3 Å². The molecule has 0 bridgehead atoms. The normalized spacial score (nSPS) is 19.1. The summed E-state index contributed by atoms with van der Waals surface area (Å²) in [4.78, 5) is 24.5. The Bertz CT molecular complexity index is 1530. The Labute approximate surface area is 219 Å². The fourth-order valence-electron chi connectivity index (χ4n) is 5.26. The molecule has 0 aliphatic carbocycles. The third-order valence-corrected chi connectivity index (χ3v) is 7.24. The van der Waals surface area contributed by atoms with E-state index in [4.69, 9.17) is 4.74 Å². The smallest absolute Gasteiger partial charge is 0.210 e. The van der Waals surface area contributed by atoms with Crippen molar-refractivity contribution in [3.8, 4) is 22.6 Å². The number of aliphatic hydroxyl groups is 1. The summed E-state index contributed by atoms with van der Waals surface area (Å²) in [5, 5.41) is 9.89. The number of imidazole rings is 1. The molecular formula is C30H27FN4O3. The second-order valence-electron chi connectivity index (χ2n) is 9.66. The van der Waals surface area contributed by atoms with Crippen LogP contribution < -0.4 is 4.74 Å². The Morgan fingerprint density at radius 1 is 1.11 bits per heavy atom. The molecule has 3 aromatic carbocycles. The summed E-state index contributed by atoms with van der Waals surface area (Å²) in [5.41, 5.74) is 4.53. The minimum Gasteiger partial charge on any atom is -0.497 e. The van der Waals surface area contributed by atoms with Gasteiger partial charge in [-0.1, -0.05) is 36.4 Å². The molecule has 0 saturated carbocycles. The van der Waals surface area contributed by atoms with Crippen LogP contribution in [0.5, 0.6) is 5.75 Å². The molecule has 1 aromatic heterocycles. The Morgan fingerprint density at radius 2 is 1.92 bits per heavy atom. The number of β-amino-alcohol motifs (C(OH)–C–C–N with tert-alkyl or cyclic N) is 1. The highest BCUT2D eigenvalue weighted by atomic mass is 19.1. The third-order valence-electron chi connectivity index (χ3n) is 7.24. The maximum absolute atomic E-state index is 15.6. The van der Waals surface area contributed by atoms with Crippen molar-refractivity contribution in [3.05, 3.63) is 101 Å². The van der Waals surface area contributed by atoms with Crippen LogP contribution in [0, 0.1) is 5.82 Å². The highest BCUT2D eigenvalue weighted by Gasteiger charge is 2.32. The number of benzene rings is 3. The molecule has 4 aromatic rings. The van der Waals surface area contributed by atoms with E-state index in [1.165, 1.54) is 12.3 Å². The van der Waals surface area contributed by atoms with Gasteiger partial charge in [0.25, 0.3) is 0 Å². The standard InChI is InChI=1S/C30H27FN4O3/c1-38-23-9-7-21(8-10-23)35-18-33-27-15-32-28(30(37)29(27)35)25-11-6-19(14-26(25)31)24-5-3-2-4-20(24)16-34-13-12-22(36)17-34/h2-11,14-15,18,22,28,36H,12-13,16-17H2,1H3/t22-,28?/m0/s1. The van der Waals surface area contributed by atoms with Crippen LogP contribution in [0.2, 0.25) is 0 Å². The fraction of sp³-hybridized carbons (Fsp3) is 0.233. The topological polar surface area (TPSA) is 80.0 Å². The van der Waals surface area contributed by atoms with Gasteiger partial charge in [-0.15, -0.1) is 0 Å². The van der Waals surface area contributed by atoms with Crippen molar-refractivity contribution in [1.29, 1.82) is 0 Å². The average molecular weight is 511 g/mol. The van der Waals surface area contributed by atoms with Gasteiger partial charge in [0.1, 0.15) is 35.3 Å². The average Bonchev–Trinajstić information content (AvgIpc) is 3.56. The zero-order chi connectivity index (χ0) is 26.2. The molecule has 8 heteroatoms. The van der Waals surface area contributed by atoms with Gasteiger partial charge in [0, 0.05) is 30.9 Å². The number of aliphatic hydroxyl groups excluding tert-OH is 1. The Kier molecular flexibility index (Phi) is 6.35. The number of hydrogen-bond donors (Lipinski definition) is 1. The van der Waals surface area contributed by atoms with Gasteiger partial charge in [0.15, 0.2) is 0 Å². The number of methoxy groups -OCH3 is 1. The van der Waals surface area contributed by atoms with Crippen molar-refractivity contribution in [1.82, 2.24) is 14.5 Å². The van der Waals surface area contributed by atoms with E-state index in [1.807, 2.05) is 54.6 Å². The molecule has 2 atom stereocenters. The van der Waals surface area contributed by atoms with Gasteiger partial charge in [0.05, 0.1) is 19.4 Å². The number of ketones is 1. The van der Waals surface area contributed by atoms with Crippen molar-refractivity contribution in [2.75, 3.05) is 20.2 Å². The SMILES string of the molecule is COc1ccc(-n2cnc3c2C(=O)C(c2ccc(-c4ccccc4CN4CC[C@H](O)C4)cc2F)N=C3)cc1. The number of carbonyl (C=O) groups is 1. The summed E-state index contributed by atoms with van der Waals surface area (Å²) < 4.78 is 22.5. The second kappa shape index (κ2) is 9.96. The molecule has 2 aliphatic heterocycles. The van der Waals surface area contributed by atoms with Crippen LogP contribution >= 0.6 is 0 Å². The molecule has 1 unspecified atom stereocenters. The summed E-state index contributed by atoms with van der Waals surface area (Å²) in [6, 6.07) is 19.2. The molecule has 3 heterocycles. The predicted molar refractivity (Wildman–Crippen MR) is 143 cm³/mol. The van der Waals surface area contributed by atoms with Crippen molar-refractivity contribution < 1.29 is 19.0 Å². The van der Waals surface area contributed by atoms with Crippen molar-refractivity contribution in [2.24, 2.45) is 4.99 Å². The number of halogens is 1. The van der Waals surface area contributed by atoms with Gasteiger partial charge in [-0.2, -0.15) is 0 Å². The number of likely N-dealkylation sites (tertiary alicyclic amines) is 1. The largest absolute Gasteiger partial charge is 0.497 e. The first-order chi connectivity index (χ1) is 18.5. The van der Waals surface area contributed by atoms with Crippen LogP contribution in [0.3, 0.4) is 0 Å². The molecule has 0 radical (unpaired) electrons. The zero-order valence-corrected chi connectivity index (χ0v) is 20.9. The quantitative estimate of drug-likeness (QED) is 0.410. The zero-order valence-electron chi connectivity index (χ0n) is 20.9. The fourth-order valence-corrected chi connectivity index (χ4v) is 5.26. The first kappa shape index (κ1) is 24.2. The monoisotopic (exact) mass is 510 g/mol. The number of Topliss-reactive ketones (excluding diaryl/α,β-unsaturated/α-hetero) is 1. The summed E-state index contributed by atoms with van der Waals surface area (Å²) in [5.74, 6) is -0.0888. The maximum Gasteiger partial charge on any atom is 0.210 e. The number of rotatable bonds is 6. The van der Waals surface area contributed by atoms with E-state index in [0.717, 1.165) is 35.3 Å². The van der Waals surface area contributed by atoms with E-state index < -0.39 is 11.9 Å². The van der Waals surface area contributed by atoms with Gasteiger partial charge in [0.2, 0.25) is 5.78 Å². The van der Waals surface area contributed by atoms with Gasteiger partial charge >= 0.3 is 0 Å². The lowest BCUT2D eigenvalue weighted by Crippen LogP contribution is -2.22. The number of aromatic nitrogens is 2. The number of nitrogens with zero attached hydrogens (tertiary/aromatic N) is 4. The lowest BCUT2D eigenvalue weighted by molar-refractivity contribution is 0.0952. The number of fused-ring (bicyclic) bond motifs is 1. The van der Waals surface area contributed by atoms with Crippen LogP contribution in [0.15, 0.2) is 78.0 Å². The molecule has 6 rings (SSSR count). The minimum atomic E-state index is -0.994. The first-order valence-corrected chi connectivity index (χ1v) is 12.6. The molecule has 0 amide bonds.